The van der Waals surface area contributed by atoms with Gasteiger partial charge in [0.15, 0.2) is 0 Å². The summed E-state index contributed by atoms with van der Waals surface area (Å²) in [7, 11) is 0. The Morgan fingerprint density at radius 1 is 1.46 bits per heavy atom. The van der Waals surface area contributed by atoms with Crippen molar-refractivity contribution in [1.29, 1.82) is 5.26 Å². The molecule has 0 aliphatic carbocycles. The van der Waals surface area contributed by atoms with Crippen molar-refractivity contribution in [2.75, 3.05) is 0 Å². The van der Waals surface area contributed by atoms with E-state index >= 15 is 0 Å². The molecule has 2 nitrogen and oxygen atoms in total. The molecule has 0 saturated heterocycles. The van der Waals surface area contributed by atoms with Crippen LogP contribution in [0, 0.1) is 11.3 Å². The first-order valence-corrected chi connectivity index (χ1v) is 4.33. The Balaban J connectivity index is 2.43. The van der Waals surface area contributed by atoms with Crippen LogP contribution in [0.25, 0.3) is 0 Å². The molecule has 1 aliphatic rings. The van der Waals surface area contributed by atoms with Crippen LogP contribution in [0.4, 0.5) is 0 Å². The Hall–Kier alpha value is -1.49. The highest BCUT2D eigenvalue weighted by Gasteiger charge is 2.29. The van der Waals surface area contributed by atoms with Crippen LogP contribution in [-0.4, -0.2) is 5.60 Å². The minimum absolute atomic E-state index is 0.115. The molecule has 0 spiro atoms. The van der Waals surface area contributed by atoms with Gasteiger partial charge < -0.3 is 4.74 Å². The number of rotatable bonds is 0. The SMILES string of the molecule is CC1(C)Cc2cc(C#N)ccc2O1. The molecule has 0 N–H and O–H groups in total. The van der Waals surface area contributed by atoms with E-state index in [1.165, 1.54) is 0 Å². The lowest BCUT2D eigenvalue weighted by atomic mass is 10.0. The maximum Gasteiger partial charge on any atom is 0.123 e. The van der Waals surface area contributed by atoms with Crippen LogP contribution in [0.15, 0.2) is 18.2 Å². The number of hydrogen-bond donors (Lipinski definition) is 0. The maximum atomic E-state index is 8.71. The minimum atomic E-state index is -0.115. The van der Waals surface area contributed by atoms with Gasteiger partial charge in [-0.05, 0) is 37.6 Å². The van der Waals surface area contributed by atoms with Crippen molar-refractivity contribution in [1.82, 2.24) is 0 Å². The van der Waals surface area contributed by atoms with Gasteiger partial charge in [0.2, 0.25) is 0 Å². The van der Waals surface area contributed by atoms with Gasteiger partial charge in [-0.1, -0.05) is 0 Å². The van der Waals surface area contributed by atoms with Gasteiger partial charge in [0.1, 0.15) is 11.4 Å². The highest BCUT2D eigenvalue weighted by atomic mass is 16.5. The molecule has 66 valence electrons. The van der Waals surface area contributed by atoms with E-state index in [1.54, 1.807) is 6.07 Å². The third kappa shape index (κ3) is 1.38. The lowest BCUT2D eigenvalue weighted by Crippen LogP contribution is -2.24. The summed E-state index contributed by atoms with van der Waals surface area (Å²) in [5.41, 5.74) is 1.74. The second-order valence-corrected chi connectivity index (χ2v) is 3.97. The van der Waals surface area contributed by atoms with Gasteiger partial charge in [-0.15, -0.1) is 0 Å². The number of nitriles is 1. The first kappa shape index (κ1) is 8.12. The molecule has 0 fully saturated rings. The Labute approximate surface area is 77.8 Å². The van der Waals surface area contributed by atoms with Crippen LogP contribution < -0.4 is 4.74 Å². The fraction of sp³-hybridized carbons (Fsp3) is 0.364. The van der Waals surface area contributed by atoms with Crippen molar-refractivity contribution in [3.63, 3.8) is 0 Å². The molecule has 1 heterocycles. The minimum Gasteiger partial charge on any atom is -0.487 e. The van der Waals surface area contributed by atoms with E-state index in [0.717, 1.165) is 17.7 Å². The number of nitrogens with zero attached hydrogens (tertiary/aromatic N) is 1. The van der Waals surface area contributed by atoms with E-state index in [2.05, 4.69) is 19.9 Å². The zero-order valence-electron chi connectivity index (χ0n) is 7.79. The molecule has 0 amide bonds. The summed E-state index contributed by atoms with van der Waals surface area (Å²) in [6, 6.07) is 7.70. The zero-order valence-corrected chi connectivity index (χ0v) is 7.79. The monoisotopic (exact) mass is 173 g/mol. The molecular weight excluding hydrogens is 162 g/mol. The number of benzene rings is 1. The van der Waals surface area contributed by atoms with Gasteiger partial charge >= 0.3 is 0 Å². The van der Waals surface area contributed by atoms with E-state index in [1.807, 2.05) is 12.1 Å². The summed E-state index contributed by atoms with van der Waals surface area (Å²) in [4.78, 5) is 0. The number of hydrogen-bond acceptors (Lipinski definition) is 2. The molecule has 0 radical (unpaired) electrons. The topological polar surface area (TPSA) is 33.0 Å². The molecule has 0 saturated carbocycles. The normalized spacial score (nSPS) is 17.3. The van der Waals surface area contributed by atoms with Crippen LogP contribution >= 0.6 is 0 Å². The molecule has 2 rings (SSSR count). The van der Waals surface area contributed by atoms with Crippen molar-refractivity contribution in [2.24, 2.45) is 0 Å². The molecule has 0 bridgehead atoms. The predicted molar refractivity (Wildman–Crippen MR) is 49.6 cm³/mol. The molecule has 1 aliphatic heterocycles. The quantitative estimate of drug-likeness (QED) is 0.603. The van der Waals surface area contributed by atoms with Crippen molar-refractivity contribution in [3.8, 4) is 11.8 Å². The van der Waals surface area contributed by atoms with Gasteiger partial charge in [-0.25, -0.2) is 0 Å². The van der Waals surface area contributed by atoms with Crippen LogP contribution in [0.3, 0.4) is 0 Å². The van der Waals surface area contributed by atoms with Gasteiger partial charge in [0.05, 0.1) is 11.6 Å². The van der Waals surface area contributed by atoms with Crippen molar-refractivity contribution in [2.45, 2.75) is 25.9 Å². The van der Waals surface area contributed by atoms with Gasteiger partial charge in [-0.2, -0.15) is 5.26 Å². The van der Waals surface area contributed by atoms with E-state index in [-0.39, 0.29) is 5.60 Å². The predicted octanol–water partition coefficient (Wildman–Crippen LogP) is 2.27. The fourth-order valence-corrected chi connectivity index (χ4v) is 1.68. The third-order valence-electron chi connectivity index (χ3n) is 2.19. The molecule has 13 heavy (non-hydrogen) atoms. The van der Waals surface area contributed by atoms with E-state index in [0.29, 0.717) is 5.56 Å². The lowest BCUT2D eigenvalue weighted by molar-refractivity contribution is 0.138. The smallest absolute Gasteiger partial charge is 0.123 e. The van der Waals surface area contributed by atoms with Crippen molar-refractivity contribution < 1.29 is 4.74 Å². The molecule has 0 aromatic heterocycles. The van der Waals surface area contributed by atoms with Gasteiger partial charge in [0, 0.05) is 6.42 Å². The van der Waals surface area contributed by atoms with Crippen LogP contribution in [0.1, 0.15) is 25.0 Å². The van der Waals surface area contributed by atoms with Crippen LogP contribution in [0.5, 0.6) is 5.75 Å². The Bertz CT molecular complexity index is 388. The van der Waals surface area contributed by atoms with E-state index in [9.17, 15) is 0 Å². The highest BCUT2D eigenvalue weighted by molar-refractivity contribution is 5.45. The average Bonchev–Trinajstić information content (AvgIpc) is 2.36. The Morgan fingerprint density at radius 2 is 2.23 bits per heavy atom. The number of ether oxygens (including phenoxy) is 1. The standard InChI is InChI=1S/C11H11NO/c1-11(2)6-9-5-8(7-12)3-4-10(9)13-11/h3-5H,6H2,1-2H3. The molecule has 0 atom stereocenters. The van der Waals surface area contributed by atoms with Crippen LogP contribution in [0.2, 0.25) is 0 Å². The summed E-state index contributed by atoms with van der Waals surface area (Å²) < 4.78 is 5.68. The van der Waals surface area contributed by atoms with E-state index in [4.69, 9.17) is 10.00 Å². The second kappa shape index (κ2) is 2.50. The Kier molecular flexibility index (Phi) is 1.56. The molecule has 1 aromatic rings. The molecule has 0 unspecified atom stereocenters. The number of fused-ring (bicyclic) bond motifs is 1. The lowest BCUT2D eigenvalue weighted by Gasteiger charge is -2.16. The van der Waals surface area contributed by atoms with Crippen molar-refractivity contribution in [3.05, 3.63) is 29.3 Å². The third-order valence-corrected chi connectivity index (χ3v) is 2.19. The highest BCUT2D eigenvalue weighted by Crippen LogP contribution is 2.34. The summed E-state index contributed by atoms with van der Waals surface area (Å²) in [6.45, 7) is 4.11. The fourth-order valence-electron chi connectivity index (χ4n) is 1.68. The largest absolute Gasteiger partial charge is 0.487 e. The average molecular weight is 173 g/mol. The summed E-state index contributed by atoms with van der Waals surface area (Å²) in [5.74, 6) is 0.920. The van der Waals surface area contributed by atoms with Crippen LogP contribution in [-0.2, 0) is 6.42 Å². The van der Waals surface area contributed by atoms with Crippen molar-refractivity contribution >= 4 is 0 Å². The van der Waals surface area contributed by atoms with E-state index < -0.39 is 0 Å². The first-order chi connectivity index (χ1) is 6.11. The second-order valence-electron chi connectivity index (χ2n) is 3.97. The summed E-state index contributed by atoms with van der Waals surface area (Å²) in [6.07, 6.45) is 0.887. The first-order valence-electron chi connectivity index (χ1n) is 4.33. The van der Waals surface area contributed by atoms with Gasteiger partial charge in [0.25, 0.3) is 0 Å². The Morgan fingerprint density at radius 3 is 2.92 bits per heavy atom. The zero-order chi connectivity index (χ0) is 9.47. The molecular formula is C11H11NO. The summed E-state index contributed by atoms with van der Waals surface area (Å²) in [5, 5.41) is 8.71. The molecule has 1 aromatic carbocycles. The van der Waals surface area contributed by atoms with Gasteiger partial charge in [-0.3, -0.25) is 0 Å². The summed E-state index contributed by atoms with van der Waals surface area (Å²) >= 11 is 0. The maximum absolute atomic E-state index is 8.71. The molecule has 2 heteroatoms.